The molecule has 0 unspecified atom stereocenters. The second-order valence-electron chi connectivity index (χ2n) is 7.46. The summed E-state index contributed by atoms with van der Waals surface area (Å²) in [7, 11) is 0. The largest absolute Gasteiger partial charge is 0.354 e. The summed E-state index contributed by atoms with van der Waals surface area (Å²) in [5.41, 5.74) is 0. The number of aromatic nitrogens is 1. The van der Waals surface area contributed by atoms with Crippen LogP contribution in [0.2, 0.25) is 0 Å². The Labute approximate surface area is 150 Å². The van der Waals surface area contributed by atoms with Gasteiger partial charge in [0.05, 0.1) is 0 Å². The van der Waals surface area contributed by atoms with Crippen LogP contribution >= 0.6 is 0 Å². The number of pyridine rings is 1. The number of rotatable bonds is 5. The highest BCUT2D eigenvalue weighted by Gasteiger charge is 2.33. The molecule has 4 heterocycles. The van der Waals surface area contributed by atoms with Crippen molar-refractivity contribution in [2.75, 3.05) is 63.8 Å². The number of hydrogen-bond acceptors (Lipinski definition) is 5. The van der Waals surface area contributed by atoms with Crippen molar-refractivity contribution in [1.29, 1.82) is 0 Å². The topological polar surface area (TPSA) is 42.9 Å². The lowest BCUT2D eigenvalue weighted by Gasteiger charge is -2.48. The molecule has 0 aromatic carbocycles. The Balaban J connectivity index is 1.16. The van der Waals surface area contributed by atoms with Crippen LogP contribution in [0.15, 0.2) is 24.4 Å². The van der Waals surface area contributed by atoms with Crippen molar-refractivity contribution in [3.63, 3.8) is 0 Å². The van der Waals surface area contributed by atoms with E-state index in [9.17, 15) is 4.79 Å². The zero-order chi connectivity index (χ0) is 17.1. The summed E-state index contributed by atoms with van der Waals surface area (Å²) in [6.07, 6.45) is 4.88. The molecule has 1 amide bonds. The van der Waals surface area contributed by atoms with E-state index in [1.807, 2.05) is 12.3 Å². The van der Waals surface area contributed by atoms with E-state index in [0.29, 0.717) is 11.9 Å². The molecule has 0 atom stereocenters. The lowest BCUT2D eigenvalue weighted by molar-refractivity contribution is -0.133. The third-order valence-corrected chi connectivity index (χ3v) is 5.85. The molecule has 3 aliphatic rings. The van der Waals surface area contributed by atoms with Crippen LogP contribution in [-0.2, 0) is 4.79 Å². The summed E-state index contributed by atoms with van der Waals surface area (Å²) in [5.74, 6) is 1.46. The van der Waals surface area contributed by atoms with Crippen LogP contribution < -0.4 is 4.90 Å². The second kappa shape index (κ2) is 7.70. The molecule has 0 N–H and O–H groups in total. The van der Waals surface area contributed by atoms with E-state index in [1.54, 1.807) is 0 Å². The molecule has 0 aliphatic carbocycles. The first-order chi connectivity index (χ1) is 12.3. The van der Waals surface area contributed by atoms with Crippen LogP contribution in [0.3, 0.4) is 0 Å². The van der Waals surface area contributed by atoms with Crippen LogP contribution in [0.5, 0.6) is 0 Å². The van der Waals surface area contributed by atoms with E-state index >= 15 is 0 Å². The van der Waals surface area contributed by atoms with Crippen LogP contribution in [0.25, 0.3) is 0 Å². The quantitative estimate of drug-likeness (QED) is 0.795. The van der Waals surface area contributed by atoms with E-state index in [2.05, 4.69) is 36.7 Å². The van der Waals surface area contributed by atoms with E-state index in [1.165, 1.54) is 6.42 Å². The maximum Gasteiger partial charge on any atom is 0.222 e. The smallest absolute Gasteiger partial charge is 0.222 e. The van der Waals surface area contributed by atoms with Crippen molar-refractivity contribution in [2.24, 2.45) is 0 Å². The molecule has 3 fully saturated rings. The third kappa shape index (κ3) is 3.96. The number of piperazine rings is 1. The highest BCUT2D eigenvalue weighted by atomic mass is 16.2. The highest BCUT2D eigenvalue weighted by molar-refractivity contribution is 5.76. The summed E-state index contributed by atoms with van der Waals surface area (Å²) in [6, 6.07) is 6.83. The third-order valence-electron chi connectivity index (χ3n) is 5.85. The monoisotopic (exact) mass is 343 g/mol. The molecule has 6 nitrogen and oxygen atoms in total. The van der Waals surface area contributed by atoms with Crippen molar-refractivity contribution in [3.05, 3.63) is 24.4 Å². The predicted molar refractivity (Wildman–Crippen MR) is 98.7 cm³/mol. The molecule has 0 radical (unpaired) electrons. The van der Waals surface area contributed by atoms with E-state index in [-0.39, 0.29) is 0 Å². The van der Waals surface area contributed by atoms with Crippen LogP contribution in [0.1, 0.15) is 19.3 Å². The zero-order valence-electron chi connectivity index (χ0n) is 15.0. The van der Waals surface area contributed by atoms with E-state index < -0.39 is 0 Å². The van der Waals surface area contributed by atoms with Crippen LogP contribution in [0, 0.1) is 0 Å². The molecule has 0 bridgehead atoms. The average Bonchev–Trinajstić information content (AvgIpc) is 2.63. The zero-order valence-corrected chi connectivity index (χ0v) is 15.0. The van der Waals surface area contributed by atoms with Gasteiger partial charge in [-0.05, 0) is 25.0 Å². The number of likely N-dealkylation sites (tertiary alicyclic amines) is 2. The lowest BCUT2D eigenvalue weighted by atomic mass is 10.1. The van der Waals surface area contributed by atoms with Crippen molar-refractivity contribution in [2.45, 2.75) is 25.3 Å². The second-order valence-corrected chi connectivity index (χ2v) is 7.46. The molecule has 1 aromatic heterocycles. The van der Waals surface area contributed by atoms with Gasteiger partial charge in [0.15, 0.2) is 0 Å². The minimum Gasteiger partial charge on any atom is -0.354 e. The number of hydrogen-bond donors (Lipinski definition) is 0. The molecule has 3 saturated heterocycles. The number of amides is 1. The molecule has 0 saturated carbocycles. The molecule has 4 rings (SSSR count). The van der Waals surface area contributed by atoms with Crippen molar-refractivity contribution in [1.82, 2.24) is 19.7 Å². The van der Waals surface area contributed by atoms with Gasteiger partial charge in [-0.2, -0.15) is 0 Å². The average molecular weight is 343 g/mol. The SMILES string of the molecule is O=C1CCCCN1CCN1CC(N2CCN(c3ccccn3)CC2)C1. The summed E-state index contributed by atoms with van der Waals surface area (Å²) < 4.78 is 0. The van der Waals surface area contributed by atoms with Crippen molar-refractivity contribution < 1.29 is 4.79 Å². The number of carbonyl (C=O) groups excluding carboxylic acids is 1. The minimum atomic E-state index is 0.356. The van der Waals surface area contributed by atoms with Crippen LogP contribution in [-0.4, -0.2) is 90.5 Å². The van der Waals surface area contributed by atoms with E-state index in [4.69, 9.17) is 0 Å². The van der Waals surface area contributed by atoms with Gasteiger partial charge in [-0.3, -0.25) is 14.6 Å². The van der Waals surface area contributed by atoms with Gasteiger partial charge in [0, 0.05) is 77.6 Å². The van der Waals surface area contributed by atoms with Gasteiger partial charge in [0.25, 0.3) is 0 Å². The fourth-order valence-corrected chi connectivity index (χ4v) is 4.17. The maximum absolute atomic E-state index is 11.9. The molecule has 1 aromatic rings. The Kier molecular flexibility index (Phi) is 5.17. The Morgan fingerprint density at radius 2 is 1.84 bits per heavy atom. The number of carbonyl (C=O) groups is 1. The van der Waals surface area contributed by atoms with Crippen LogP contribution in [0.4, 0.5) is 5.82 Å². The summed E-state index contributed by atoms with van der Waals surface area (Å²) in [6.45, 7) is 9.61. The van der Waals surface area contributed by atoms with Gasteiger partial charge in [0.2, 0.25) is 5.91 Å². The Hall–Kier alpha value is -1.66. The molecule has 0 spiro atoms. The lowest BCUT2D eigenvalue weighted by Crippen LogP contribution is -2.63. The first-order valence-electron chi connectivity index (χ1n) is 9.70. The Morgan fingerprint density at radius 1 is 1.00 bits per heavy atom. The molecule has 136 valence electrons. The van der Waals surface area contributed by atoms with Gasteiger partial charge < -0.3 is 9.80 Å². The summed E-state index contributed by atoms with van der Waals surface area (Å²) >= 11 is 0. The van der Waals surface area contributed by atoms with E-state index in [0.717, 1.165) is 77.6 Å². The van der Waals surface area contributed by atoms with Gasteiger partial charge >= 0.3 is 0 Å². The highest BCUT2D eigenvalue weighted by Crippen LogP contribution is 2.19. The standard InChI is InChI=1S/C19H29N5O/c25-19-6-2-4-8-24(19)10-9-21-15-17(16-21)22-11-13-23(14-12-22)18-5-1-3-7-20-18/h1,3,5,7,17H,2,4,6,8-16H2. The molecule has 3 aliphatic heterocycles. The fraction of sp³-hybridized carbons (Fsp3) is 0.684. The Morgan fingerprint density at radius 3 is 2.56 bits per heavy atom. The normalized spacial score (nSPS) is 23.8. The van der Waals surface area contributed by atoms with Crippen molar-refractivity contribution in [3.8, 4) is 0 Å². The number of piperidine rings is 1. The van der Waals surface area contributed by atoms with Crippen molar-refractivity contribution >= 4 is 11.7 Å². The van der Waals surface area contributed by atoms with Gasteiger partial charge in [0.1, 0.15) is 5.82 Å². The molecular formula is C19H29N5O. The summed E-state index contributed by atoms with van der Waals surface area (Å²) in [4.78, 5) is 25.9. The molecule has 25 heavy (non-hydrogen) atoms. The van der Waals surface area contributed by atoms with Gasteiger partial charge in [-0.15, -0.1) is 0 Å². The predicted octanol–water partition coefficient (Wildman–Crippen LogP) is 0.900. The molecular weight excluding hydrogens is 314 g/mol. The van der Waals surface area contributed by atoms with Gasteiger partial charge in [-0.1, -0.05) is 6.07 Å². The first kappa shape index (κ1) is 16.8. The minimum absolute atomic E-state index is 0.356. The number of anilines is 1. The number of nitrogens with zero attached hydrogens (tertiary/aromatic N) is 5. The van der Waals surface area contributed by atoms with Gasteiger partial charge in [-0.25, -0.2) is 4.98 Å². The Bertz CT molecular complexity index is 566. The maximum atomic E-state index is 11.9. The first-order valence-corrected chi connectivity index (χ1v) is 9.70. The summed E-state index contributed by atoms with van der Waals surface area (Å²) in [5, 5.41) is 0. The molecule has 6 heteroatoms. The fourth-order valence-electron chi connectivity index (χ4n) is 4.17.